The van der Waals surface area contributed by atoms with Crippen molar-refractivity contribution in [2.75, 3.05) is 17.2 Å². The third kappa shape index (κ3) is 3.80. The molecule has 0 atom stereocenters. The number of hydrogen-bond acceptors (Lipinski definition) is 3. The number of carbonyl (C=O) groups is 1. The van der Waals surface area contributed by atoms with Crippen LogP contribution in [0.2, 0.25) is 0 Å². The van der Waals surface area contributed by atoms with Gasteiger partial charge >= 0.3 is 6.03 Å². The number of carbonyl (C=O) groups excluding carboxylic acids is 1. The predicted molar refractivity (Wildman–Crippen MR) is 76.1 cm³/mol. The van der Waals surface area contributed by atoms with Gasteiger partial charge in [-0.25, -0.2) is 4.79 Å². The highest BCUT2D eigenvalue weighted by atomic mass is 79.9. The summed E-state index contributed by atoms with van der Waals surface area (Å²) in [6.45, 7) is 0.401. The van der Waals surface area contributed by atoms with E-state index in [0.29, 0.717) is 17.9 Å². The van der Waals surface area contributed by atoms with Crippen LogP contribution in [0.15, 0.2) is 41.1 Å². The van der Waals surface area contributed by atoms with Crippen LogP contribution in [0.1, 0.15) is 0 Å². The summed E-state index contributed by atoms with van der Waals surface area (Å²) in [5, 5.41) is 18.1. The molecule has 0 saturated carbocycles. The number of aliphatic hydroxyl groups excluding tert-OH is 1. The Kier molecular flexibility index (Phi) is 4.53. The number of amides is 2. The topological polar surface area (TPSA) is 79.2 Å². The van der Waals surface area contributed by atoms with Crippen molar-refractivity contribution in [3.63, 3.8) is 0 Å². The van der Waals surface area contributed by atoms with Crippen molar-refractivity contribution in [2.24, 2.45) is 0 Å². The number of hydrogen-bond donors (Lipinski definition) is 3. The molecule has 1 aromatic heterocycles. The molecule has 2 aromatic rings. The molecule has 6 nitrogen and oxygen atoms in total. The Balaban J connectivity index is 1.95. The van der Waals surface area contributed by atoms with Gasteiger partial charge in [0.15, 0.2) is 0 Å². The van der Waals surface area contributed by atoms with Crippen LogP contribution in [0.4, 0.5) is 16.2 Å². The molecule has 0 aliphatic carbocycles. The van der Waals surface area contributed by atoms with E-state index in [9.17, 15) is 4.79 Å². The zero-order valence-electron chi connectivity index (χ0n) is 10.0. The van der Waals surface area contributed by atoms with Crippen LogP contribution in [-0.4, -0.2) is 27.5 Å². The van der Waals surface area contributed by atoms with Crippen molar-refractivity contribution in [3.8, 4) is 0 Å². The van der Waals surface area contributed by atoms with Crippen molar-refractivity contribution < 1.29 is 9.90 Å². The van der Waals surface area contributed by atoms with Crippen LogP contribution in [-0.2, 0) is 6.54 Å². The first-order valence-electron chi connectivity index (χ1n) is 5.65. The van der Waals surface area contributed by atoms with Crippen molar-refractivity contribution in [1.82, 2.24) is 9.78 Å². The number of rotatable bonds is 4. The molecule has 1 aromatic carbocycles. The number of aliphatic hydroxyl groups is 1. The minimum absolute atomic E-state index is 0.00424. The summed E-state index contributed by atoms with van der Waals surface area (Å²) in [4.78, 5) is 11.8. The standard InChI is InChI=1S/C12H13BrN4O2/c13-10-3-1-2-4-11(10)16-12(19)15-9-7-14-17(8-9)5-6-18/h1-4,7-8,18H,5-6H2,(H2,15,16,19). The zero-order valence-corrected chi connectivity index (χ0v) is 11.6. The maximum absolute atomic E-state index is 11.8. The van der Waals surface area contributed by atoms with Crippen LogP contribution >= 0.6 is 15.9 Å². The molecule has 19 heavy (non-hydrogen) atoms. The number of anilines is 2. The molecule has 100 valence electrons. The molecule has 1 heterocycles. The Bertz CT molecular complexity index is 570. The first-order valence-corrected chi connectivity index (χ1v) is 6.44. The van der Waals surface area contributed by atoms with Crippen LogP contribution in [0.5, 0.6) is 0 Å². The summed E-state index contributed by atoms with van der Waals surface area (Å²) < 4.78 is 2.36. The van der Waals surface area contributed by atoms with Gasteiger partial charge in [0.1, 0.15) is 0 Å². The quantitative estimate of drug-likeness (QED) is 0.807. The Morgan fingerprint density at radius 3 is 2.89 bits per heavy atom. The number of halogens is 1. The van der Waals surface area contributed by atoms with Crippen molar-refractivity contribution in [2.45, 2.75) is 6.54 Å². The molecule has 0 unspecified atom stereocenters. The molecule has 7 heteroatoms. The fourth-order valence-corrected chi connectivity index (χ4v) is 1.88. The Labute approximate surface area is 118 Å². The lowest BCUT2D eigenvalue weighted by Crippen LogP contribution is -2.19. The van der Waals surface area contributed by atoms with E-state index in [-0.39, 0.29) is 12.6 Å². The summed E-state index contributed by atoms with van der Waals surface area (Å²) in [7, 11) is 0. The summed E-state index contributed by atoms with van der Waals surface area (Å²) >= 11 is 3.35. The molecule has 0 saturated heterocycles. The highest BCUT2D eigenvalue weighted by Crippen LogP contribution is 2.21. The van der Waals surface area contributed by atoms with Gasteiger partial charge in [0.2, 0.25) is 0 Å². The minimum atomic E-state index is -0.351. The molecule has 3 N–H and O–H groups in total. The van der Waals surface area contributed by atoms with E-state index >= 15 is 0 Å². The first-order chi connectivity index (χ1) is 9.19. The van der Waals surface area contributed by atoms with E-state index in [1.807, 2.05) is 18.2 Å². The number of nitrogens with one attached hydrogen (secondary N) is 2. The van der Waals surface area contributed by atoms with Crippen molar-refractivity contribution in [3.05, 3.63) is 41.1 Å². The maximum atomic E-state index is 11.8. The SMILES string of the molecule is O=C(Nc1cnn(CCO)c1)Nc1ccccc1Br. The largest absolute Gasteiger partial charge is 0.394 e. The fraction of sp³-hybridized carbons (Fsp3) is 0.167. The van der Waals surface area contributed by atoms with E-state index in [1.54, 1.807) is 16.9 Å². The monoisotopic (exact) mass is 324 g/mol. The second kappa shape index (κ2) is 6.35. The van der Waals surface area contributed by atoms with Gasteiger partial charge in [0.25, 0.3) is 0 Å². The summed E-state index contributed by atoms with van der Waals surface area (Å²) in [5.74, 6) is 0. The van der Waals surface area contributed by atoms with Gasteiger partial charge in [-0.2, -0.15) is 5.10 Å². The molecule has 0 fully saturated rings. The second-order valence-corrected chi connectivity index (χ2v) is 4.63. The van der Waals surface area contributed by atoms with Crippen molar-refractivity contribution >= 4 is 33.3 Å². The van der Waals surface area contributed by atoms with Gasteiger partial charge in [0.05, 0.1) is 30.7 Å². The van der Waals surface area contributed by atoms with Gasteiger partial charge in [-0.1, -0.05) is 12.1 Å². The average Bonchev–Trinajstić information content (AvgIpc) is 2.80. The first kappa shape index (κ1) is 13.6. The number of aromatic nitrogens is 2. The molecule has 0 spiro atoms. The maximum Gasteiger partial charge on any atom is 0.323 e. The predicted octanol–water partition coefficient (Wildman–Crippen LogP) is 2.28. The van der Waals surface area contributed by atoms with Gasteiger partial charge in [0, 0.05) is 10.7 Å². The third-order valence-corrected chi connectivity index (χ3v) is 3.03. The number of benzene rings is 1. The summed E-state index contributed by atoms with van der Waals surface area (Å²) in [6, 6.07) is 6.98. The van der Waals surface area contributed by atoms with Crippen molar-refractivity contribution in [1.29, 1.82) is 0 Å². The molecule has 0 bridgehead atoms. The molecule has 0 aliphatic rings. The highest BCUT2D eigenvalue weighted by molar-refractivity contribution is 9.10. The van der Waals surface area contributed by atoms with E-state index in [0.717, 1.165) is 4.47 Å². The lowest BCUT2D eigenvalue weighted by atomic mass is 10.3. The molecular formula is C12H13BrN4O2. The van der Waals surface area contributed by atoms with E-state index in [4.69, 9.17) is 5.11 Å². The minimum Gasteiger partial charge on any atom is -0.394 e. The average molecular weight is 325 g/mol. The molecule has 0 radical (unpaired) electrons. The molecule has 2 amide bonds. The molecule has 0 aliphatic heterocycles. The van der Waals surface area contributed by atoms with E-state index in [1.165, 1.54) is 6.20 Å². The smallest absolute Gasteiger partial charge is 0.323 e. The van der Waals surface area contributed by atoms with Crippen LogP contribution < -0.4 is 10.6 Å². The normalized spacial score (nSPS) is 10.2. The number of urea groups is 1. The van der Waals surface area contributed by atoms with Gasteiger partial charge in [-0.15, -0.1) is 0 Å². The lowest BCUT2D eigenvalue weighted by molar-refractivity contribution is 0.262. The summed E-state index contributed by atoms with van der Waals surface area (Å²) in [6.07, 6.45) is 3.17. The van der Waals surface area contributed by atoms with Gasteiger partial charge in [-0.3, -0.25) is 4.68 Å². The zero-order chi connectivity index (χ0) is 13.7. The van der Waals surface area contributed by atoms with E-state index < -0.39 is 0 Å². The highest BCUT2D eigenvalue weighted by Gasteiger charge is 2.06. The Hall–Kier alpha value is -1.86. The third-order valence-electron chi connectivity index (χ3n) is 2.34. The Morgan fingerprint density at radius 1 is 1.37 bits per heavy atom. The fourth-order valence-electron chi connectivity index (χ4n) is 1.50. The lowest BCUT2D eigenvalue weighted by Gasteiger charge is -2.07. The van der Waals surface area contributed by atoms with Crippen LogP contribution in [0.3, 0.4) is 0 Å². The van der Waals surface area contributed by atoms with E-state index in [2.05, 4.69) is 31.7 Å². The Morgan fingerprint density at radius 2 is 2.16 bits per heavy atom. The molecular weight excluding hydrogens is 312 g/mol. The van der Waals surface area contributed by atoms with Crippen LogP contribution in [0, 0.1) is 0 Å². The van der Waals surface area contributed by atoms with Gasteiger partial charge < -0.3 is 15.7 Å². The van der Waals surface area contributed by atoms with Gasteiger partial charge in [-0.05, 0) is 28.1 Å². The summed E-state index contributed by atoms with van der Waals surface area (Å²) in [5.41, 5.74) is 1.25. The second-order valence-electron chi connectivity index (χ2n) is 3.77. The van der Waals surface area contributed by atoms with Crippen LogP contribution in [0.25, 0.3) is 0 Å². The molecule has 2 rings (SSSR count). The number of nitrogens with zero attached hydrogens (tertiary/aromatic N) is 2. The number of para-hydroxylation sites is 1.